The average molecular weight is 433 g/mol. The predicted octanol–water partition coefficient (Wildman–Crippen LogP) is 5.60. The number of methoxy groups -OCH3 is 1. The Morgan fingerprint density at radius 3 is 2.56 bits per heavy atom. The lowest BCUT2D eigenvalue weighted by Gasteiger charge is -2.17. The average Bonchev–Trinajstić information content (AvgIpc) is 3.15. The summed E-state index contributed by atoms with van der Waals surface area (Å²) in [7, 11) is 1.40. The summed E-state index contributed by atoms with van der Waals surface area (Å²) < 4.78 is 16.7. The zero-order chi connectivity index (χ0) is 22.8. The lowest BCUT2D eigenvalue weighted by Crippen LogP contribution is -2.09. The fourth-order valence-electron chi connectivity index (χ4n) is 4.44. The van der Waals surface area contributed by atoms with Crippen molar-refractivity contribution >= 4 is 5.97 Å². The quantitative estimate of drug-likeness (QED) is 0.514. The molecular formula is C27H28O5. The number of carbonyl (C=O) groups excluding carboxylic acids is 1. The van der Waals surface area contributed by atoms with Crippen LogP contribution in [0.25, 0.3) is 11.1 Å². The van der Waals surface area contributed by atoms with Gasteiger partial charge in [0.25, 0.3) is 0 Å². The second-order valence-corrected chi connectivity index (χ2v) is 8.32. The molecule has 3 aromatic rings. The van der Waals surface area contributed by atoms with Crippen molar-refractivity contribution in [3.05, 3.63) is 76.3 Å². The van der Waals surface area contributed by atoms with E-state index in [1.54, 1.807) is 12.1 Å². The second kappa shape index (κ2) is 8.95. The fraction of sp³-hybridized carbons (Fsp3) is 0.296. The van der Waals surface area contributed by atoms with Gasteiger partial charge in [0, 0.05) is 17.5 Å². The number of aromatic hydroxyl groups is 1. The SMILES string of the molecule is COC(=O)C[C@@H]1COc2cc(OCc3cccc(-c4c(C)cc(O)cc4C)c3C)ccc21. The minimum absolute atomic E-state index is 0.0159. The van der Waals surface area contributed by atoms with Gasteiger partial charge in [-0.3, -0.25) is 4.79 Å². The third kappa shape index (κ3) is 4.28. The highest BCUT2D eigenvalue weighted by Crippen LogP contribution is 2.39. The molecule has 0 fully saturated rings. The summed E-state index contributed by atoms with van der Waals surface area (Å²) in [6, 6.07) is 15.6. The van der Waals surface area contributed by atoms with Gasteiger partial charge < -0.3 is 19.3 Å². The highest BCUT2D eigenvalue weighted by Gasteiger charge is 2.27. The summed E-state index contributed by atoms with van der Waals surface area (Å²) >= 11 is 0. The maximum Gasteiger partial charge on any atom is 0.306 e. The Kier molecular flexibility index (Phi) is 6.08. The number of rotatable bonds is 6. The van der Waals surface area contributed by atoms with Crippen LogP contribution in [-0.4, -0.2) is 24.8 Å². The van der Waals surface area contributed by atoms with Crippen molar-refractivity contribution in [1.29, 1.82) is 0 Å². The number of ether oxygens (including phenoxy) is 3. The van der Waals surface area contributed by atoms with Crippen LogP contribution in [0.4, 0.5) is 0 Å². The highest BCUT2D eigenvalue weighted by molar-refractivity contribution is 5.75. The van der Waals surface area contributed by atoms with Crippen LogP contribution in [0.5, 0.6) is 17.2 Å². The number of carbonyl (C=O) groups is 1. The van der Waals surface area contributed by atoms with E-state index in [-0.39, 0.29) is 17.6 Å². The van der Waals surface area contributed by atoms with Crippen molar-refractivity contribution in [3.8, 4) is 28.4 Å². The van der Waals surface area contributed by atoms with Gasteiger partial charge >= 0.3 is 5.97 Å². The number of hydrogen-bond acceptors (Lipinski definition) is 5. The molecule has 166 valence electrons. The molecule has 3 aromatic carbocycles. The van der Waals surface area contributed by atoms with Crippen LogP contribution in [0, 0.1) is 20.8 Å². The van der Waals surface area contributed by atoms with Crippen molar-refractivity contribution in [2.24, 2.45) is 0 Å². The summed E-state index contributed by atoms with van der Waals surface area (Å²) in [6.45, 7) is 7.04. The second-order valence-electron chi connectivity index (χ2n) is 8.32. The van der Waals surface area contributed by atoms with Gasteiger partial charge in [-0.1, -0.05) is 24.3 Å². The largest absolute Gasteiger partial charge is 0.508 e. The zero-order valence-electron chi connectivity index (χ0n) is 18.9. The molecule has 0 radical (unpaired) electrons. The van der Waals surface area contributed by atoms with E-state index in [4.69, 9.17) is 14.2 Å². The highest BCUT2D eigenvalue weighted by atomic mass is 16.5. The summed E-state index contributed by atoms with van der Waals surface area (Å²) in [4.78, 5) is 11.6. The number of hydrogen-bond donors (Lipinski definition) is 1. The normalized spacial score (nSPS) is 14.6. The number of phenols is 1. The smallest absolute Gasteiger partial charge is 0.306 e. The molecule has 0 unspecified atom stereocenters. The molecule has 0 bridgehead atoms. The Balaban J connectivity index is 1.52. The van der Waals surface area contributed by atoms with Crippen LogP contribution in [0.15, 0.2) is 48.5 Å². The fourth-order valence-corrected chi connectivity index (χ4v) is 4.44. The Morgan fingerprint density at radius 2 is 1.84 bits per heavy atom. The van der Waals surface area contributed by atoms with Gasteiger partial charge in [0.2, 0.25) is 0 Å². The minimum Gasteiger partial charge on any atom is -0.508 e. The molecule has 4 rings (SSSR count). The Morgan fingerprint density at radius 1 is 1.09 bits per heavy atom. The van der Waals surface area contributed by atoms with Crippen molar-refractivity contribution < 1.29 is 24.1 Å². The van der Waals surface area contributed by atoms with E-state index >= 15 is 0 Å². The first kappa shape index (κ1) is 21.8. The molecule has 0 saturated heterocycles. The molecular weight excluding hydrogens is 404 g/mol. The molecule has 0 aromatic heterocycles. The zero-order valence-corrected chi connectivity index (χ0v) is 18.9. The van der Waals surface area contributed by atoms with Gasteiger partial charge in [0.05, 0.1) is 20.1 Å². The van der Waals surface area contributed by atoms with Crippen LogP contribution in [0.3, 0.4) is 0 Å². The number of aryl methyl sites for hydroxylation is 2. The van der Waals surface area contributed by atoms with Crippen LogP contribution >= 0.6 is 0 Å². The summed E-state index contributed by atoms with van der Waals surface area (Å²) in [5, 5.41) is 9.88. The maximum absolute atomic E-state index is 11.6. The standard InChI is InChI=1S/C27H28O5/c1-16-10-21(28)11-17(2)27(16)23-7-5-6-19(18(23)3)14-31-22-8-9-24-20(12-26(29)30-4)15-32-25(24)13-22/h5-11,13,20,28H,12,14-15H2,1-4H3/t20-/m1/s1. The summed E-state index contributed by atoms with van der Waals surface area (Å²) in [5.74, 6) is 1.55. The van der Waals surface area contributed by atoms with Crippen LogP contribution in [0.2, 0.25) is 0 Å². The van der Waals surface area contributed by atoms with E-state index in [0.29, 0.717) is 19.6 Å². The van der Waals surface area contributed by atoms with Gasteiger partial charge in [-0.15, -0.1) is 0 Å². The molecule has 5 heteroatoms. The molecule has 5 nitrogen and oxygen atoms in total. The van der Waals surface area contributed by atoms with E-state index in [1.807, 2.05) is 38.1 Å². The molecule has 0 spiro atoms. The first-order valence-electron chi connectivity index (χ1n) is 10.7. The minimum atomic E-state index is -0.235. The van der Waals surface area contributed by atoms with Crippen molar-refractivity contribution in [2.75, 3.05) is 13.7 Å². The molecule has 1 atom stereocenters. The molecule has 1 aliphatic rings. The molecule has 1 N–H and O–H groups in total. The Hall–Kier alpha value is -3.47. The van der Waals surface area contributed by atoms with Crippen molar-refractivity contribution in [1.82, 2.24) is 0 Å². The molecule has 0 amide bonds. The van der Waals surface area contributed by atoms with Gasteiger partial charge in [-0.25, -0.2) is 0 Å². The van der Waals surface area contributed by atoms with E-state index in [2.05, 4.69) is 19.1 Å². The Labute approximate surface area is 188 Å². The number of fused-ring (bicyclic) bond motifs is 1. The van der Waals surface area contributed by atoms with Crippen LogP contribution < -0.4 is 9.47 Å². The number of phenolic OH excluding ortho intramolecular Hbond substituents is 1. The van der Waals surface area contributed by atoms with Crippen molar-refractivity contribution in [3.63, 3.8) is 0 Å². The lowest BCUT2D eigenvalue weighted by molar-refractivity contribution is -0.141. The molecule has 1 aliphatic heterocycles. The first-order valence-corrected chi connectivity index (χ1v) is 10.7. The van der Waals surface area contributed by atoms with Crippen molar-refractivity contribution in [2.45, 2.75) is 39.7 Å². The summed E-state index contributed by atoms with van der Waals surface area (Å²) in [5.41, 5.74) is 7.63. The number of benzene rings is 3. The molecule has 0 aliphatic carbocycles. The molecule has 32 heavy (non-hydrogen) atoms. The van der Waals surface area contributed by atoms with Gasteiger partial charge in [-0.05, 0) is 72.4 Å². The van der Waals surface area contributed by atoms with Gasteiger partial charge in [0.15, 0.2) is 0 Å². The van der Waals surface area contributed by atoms with E-state index < -0.39 is 0 Å². The van der Waals surface area contributed by atoms with Gasteiger partial charge in [-0.2, -0.15) is 0 Å². The lowest BCUT2D eigenvalue weighted by atomic mass is 9.90. The van der Waals surface area contributed by atoms with E-state index in [0.717, 1.165) is 50.4 Å². The molecule has 0 saturated carbocycles. The monoisotopic (exact) mass is 432 g/mol. The third-order valence-electron chi connectivity index (χ3n) is 6.13. The predicted molar refractivity (Wildman–Crippen MR) is 123 cm³/mol. The number of esters is 1. The van der Waals surface area contributed by atoms with Crippen LogP contribution in [0.1, 0.15) is 40.2 Å². The van der Waals surface area contributed by atoms with Gasteiger partial charge in [0.1, 0.15) is 23.9 Å². The first-order chi connectivity index (χ1) is 15.4. The van der Waals surface area contributed by atoms with E-state index in [1.165, 1.54) is 7.11 Å². The Bertz CT molecular complexity index is 1140. The maximum atomic E-state index is 11.6. The molecule has 1 heterocycles. The van der Waals surface area contributed by atoms with E-state index in [9.17, 15) is 9.90 Å². The summed E-state index contributed by atoms with van der Waals surface area (Å²) in [6.07, 6.45) is 0.311. The third-order valence-corrected chi connectivity index (χ3v) is 6.13. The topological polar surface area (TPSA) is 65.0 Å². The van der Waals surface area contributed by atoms with Crippen LogP contribution in [-0.2, 0) is 16.1 Å².